The Balaban J connectivity index is 2.43. The molecule has 0 spiro atoms. The minimum absolute atomic E-state index is 0.107. The largest absolute Gasteiger partial charge is 0.416 e. The highest BCUT2D eigenvalue weighted by atomic mass is 19.4. The Morgan fingerprint density at radius 3 is 2.16 bits per heavy atom. The molecule has 1 heterocycles. The second kappa shape index (κ2) is 6.47. The molecule has 0 aliphatic rings. The first-order valence-electron chi connectivity index (χ1n) is 7.15. The number of benzene rings is 1. The van der Waals surface area contributed by atoms with Crippen molar-refractivity contribution in [1.82, 2.24) is 9.13 Å². The fourth-order valence-electron chi connectivity index (χ4n) is 2.53. The monoisotopic (exact) mass is 352 g/mol. The highest BCUT2D eigenvalue weighted by Gasteiger charge is 2.30. The molecule has 25 heavy (non-hydrogen) atoms. The number of aromatic nitrogens is 2. The molecule has 132 valence electrons. The third kappa shape index (κ3) is 3.42. The first-order chi connectivity index (χ1) is 11.6. The fourth-order valence-corrected chi connectivity index (χ4v) is 2.53. The van der Waals surface area contributed by atoms with Crippen molar-refractivity contribution in [1.29, 1.82) is 5.26 Å². The minimum atomic E-state index is -4.42. The lowest BCUT2D eigenvalue weighted by atomic mass is 10.1. The molecule has 0 amide bonds. The van der Waals surface area contributed by atoms with Gasteiger partial charge in [-0.1, -0.05) is 12.1 Å². The van der Waals surface area contributed by atoms with Gasteiger partial charge in [-0.25, -0.2) is 4.79 Å². The summed E-state index contributed by atoms with van der Waals surface area (Å²) in [6.45, 7) is 0.118. The summed E-state index contributed by atoms with van der Waals surface area (Å²) in [5, 5.41) is 9.25. The molecule has 0 bridgehead atoms. The van der Waals surface area contributed by atoms with Crippen molar-refractivity contribution >= 4 is 5.82 Å². The zero-order valence-corrected chi connectivity index (χ0v) is 13.8. The molecule has 0 saturated heterocycles. The SMILES string of the molecule is CN(Cc1ccc(C(F)(F)F)cc1)c1c(C#N)c(=O)n(C)c(=O)n1C. The summed E-state index contributed by atoms with van der Waals surface area (Å²) in [5.41, 5.74) is -1.76. The van der Waals surface area contributed by atoms with Gasteiger partial charge in [0.05, 0.1) is 5.56 Å². The Kier molecular flexibility index (Phi) is 4.74. The Morgan fingerprint density at radius 2 is 1.68 bits per heavy atom. The summed E-state index contributed by atoms with van der Waals surface area (Å²) >= 11 is 0. The fraction of sp³-hybridized carbons (Fsp3) is 0.312. The smallest absolute Gasteiger partial charge is 0.355 e. The van der Waals surface area contributed by atoms with E-state index in [1.165, 1.54) is 31.1 Å². The molecule has 9 heteroatoms. The van der Waals surface area contributed by atoms with E-state index in [9.17, 15) is 28.0 Å². The van der Waals surface area contributed by atoms with Crippen molar-refractivity contribution in [3.63, 3.8) is 0 Å². The maximum absolute atomic E-state index is 12.6. The first-order valence-corrected chi connectivity index (χ1v) is 7.15. The summed E-state index contributed by atoms with van der Waals surface area (Å²) in [6.07, 6.45) is -4.42. The molecule has 0 aliphatic carbocycles. The lowest BCUT2D eigenvalue weighted by Gasteiger charge is -2.23. The molecule has 0 fully saturated rings. The van der Waals surface area contributed by atoms with Crippen LogP contribution >= 0.6 is 0 Å². The molecule has 2 rings (SSSR count). The van der Waals surface area contributed by atoms with Crippen LogP contribution in [0.15, 0.2) is 33.9 Å². The van der Waals surface area contributed by atoms with E-state index in [-0.39, 0.29) is 17.9 Å². The van der Waals surface area contributed by atoms with Gasteiger partial charge in [-0.3, -0.25) is 13.9 Å². The number of anilines is 1. The summed E-state index contributed by atoms with van der Waals surface area (Å²) in [4.78, 5) is 25.6. The molecule has 6 nitrogen and oxygen atoms in total. The van der Waals surface area contributed by atoms with Gasteiger partial charge in [-0.2, -0.15) is 18.4 Å². The molecule has 0 unspecified atom stereocenters. The average Bonchev–Trinajstić information content (AvgIpc) is 2.55. The first kappa shape index (κ1) is 18.3. The number of halogens is 3. The molecular formula is C16H15F3N4O2. The molecule has 0 atom stereocenters. The van der Waals surface area contributed by atoms with Crippen LogP contribution in [-0.4, -0.2) is 16.2 Å². The van der Waals surface area contributed by atoms with Gasteiger partial charge in [0.2, 0.25) is 0 Å². The van der Waals surface area contributed by atoms with Gasteiger partial charge < -0.3 is 4.90 Å². The molecule has 0 saturated carbocycles. The van der Waals surface area contributed by atoms with Crippen LogP contribution in [0.25, 0.3) is 0 Å². The Hall–Kier alpha value is -3.02. The van der Waals surface area contributed by atoms with E-state index in [0.29, 0.717) is 5.56 Å². The van der Waals surface area contributed by atoms with Crippen LogP contribution in [-0.2, 0) is 26.8 Å². The number of hydrogen-bond acceptors (Lipinski definition) is 4. The van der Waals surface area contributed by atoms with Gasteiger partial charge in [-0.15, -0.1) is 0 Å². The lowest BCUT2D eigenvalue weighted by Crippen LogP contribution is -2.41. The van der Waals surface area contributed by atoms with Crippen LogP contribution in [0.1, 0.15) is 16.7 Å². The molecule has 0 aliphatic heterocycles. The summed E-state index contributed by atoms with van der Waals surface area (Å²) < 4.78 is 39.8. The van der Waals surface area contributed by atoms with Crippen LogP contribution in [0.5, 0.6) is 0 Å². The topological polar surface area (TPSA) is 71.0 Å². The van der Waals surface area contributed by atoms with Crippen molar-refractivity contribution in [3.05, 3.63) is 61.8 Å². The normalized spacial score (nSPS) is 11.2. The van der Waals surface area contributed by atoms with E-state index in [2.05, 4.69) is 0 Å². The van der Waals surface area contributed by atoms with E-state index < -0.39 is 23.0 Å². The zero-order valence-electron chi connectivity index (χ0n) is 13.8. The van der Waals surface area contributed by atoms with Gasteiger partial charge in [0.25, 0.3) is 5.56 Å². The molecule has 0 radical (unpaired) electrons. The summed E-state index contributed by atoms with van der Waals surface area (Å²) in [7, 11) is 4.24. The van der Waals surface area contributed by atoms with Crippen LogP contribution in [0.2, 0.25) is 0 Å². The molecule has 2 aromatic rings. The van der Waals surface area contributed by atoms with Crippen molar-refractivity contribution < 1.29 is 13.2 Å². The maximum atomic E-state index is 12.6. The van der Waals surface area contributed by atoms with Gasteiger partial charge in [0.15, 0.2) is 5.56 Å². The van der Waals surface area contributed by atoms with Crippen molar-refractivity contribution in [2.45, 2.75) is 12.7 Å². The van der Waals surface area contributed by atoms with E-state index in [1.807, 2.05) is 0 Å². The zero-order chi connectivity index (χ0) is 18.9. The van der Waals surface area contributed by atoms with Crippen LogP contribution in [0.3, 0.4) is 0 Å². The second-order valence-corrected chi connectivity index (χ2v) is 5.57. The third-order valence-corrected chi connectivity index (χ3v) is 3.81. The lowest BCUT2D eigenvalue weighted by molar-refractivity contribution is -0.137. The van der Waals surface area contributed by atoms with Crippen molar-refractivity contribution in [2.75, 3.05) is 11.9 Å². The van der Waals surface area contributed by atoms with Gasteiger partial charge in [-0.05, 0) is 17.7 Å². The van der Waals surface area contributed by atoms with Crippen LogP contribution in [0, 0.1) is 11.3 Å². The molecule has 1 aromatic carbocycles. The van der Waals surface area contributed by atoms with Crippen molar-refractivity contribution in [3.8, 4) is 6.07 Å². The highest BCUT2D eigenvalue weighted by Crippen LogP contribution is 2.29. The van der Waals surface area contributed by atoms with Crippen LogP contribution in [0.4, 0.5) is 19.0 Å². The quantitative estimate of drug-likeness (QED) is 0.841. The number of rotatable bonds is 3. The standard InChI is InChI=1S/C16H15F3N4O2/c1-21(9-10-4-6-11(7-5-10)16(17,18)19)13-12(8-20)14(24)23(3)15(25)22(13)2/h4-7H,9H2,1-3H3. The average molecular weight is 352 g/mol. The Bertz CT molecular complexity index is 950. The third-order valence-electron chi connectivity index (χ3n) is 3.81. The van der Waals surface area contributed by atoms with Gasteiger partial charge in [0.1, 0.15) is 11.9 Å². The summed E-state index contributed by atoms with van der Waals surface area (Å²) in [6, 6.07) is 6.32. The van der Waals surface area contributed by atoms with Crippen LogP contribution < -0.4 is 16.1 Å². The van der Waals surface area contributed by atoms with Gasteiger partial charge >= 0.3 is 11.9 Å². The molecule has 0 N–H and O–H groups in total. The second-order valence-electron chi connectivity index (χ2n) is 5.57. The van der Waals surface area contributed by atoms with E-state index >= 15 is 0 Å². The number of hydrogen-bond donors (Lipinski definition) is 0. The van der Waals surface area contributed by atoms with Gasteiger partial charge in [0, 0.05) is 27.7 Å². The number of alkyl halides is 3. The maximum Gasteiger partial charge on any atom is 0.416 e. The Morgan fingerprint density at radius 1 is 1.12 bits per heavy atom. The van der Waals surface area contributed by atoms with Crippen molar-refractivity contribution in [2.24, 2.45) is 14.1 Å². The van der Waals surface area contributed by atoms with E-state index in [1.54, 1.807) is 13.1 Å². The van der Waals surface area contributed by atoms with E-state index in [4.69, 9.17) is 0 Å². The minimum Gasteiger partial charge on any atom is -0.355 e. The highest BCUT2D eigenvalue weighted by molar-refractivity contribution is 5.53. The Labute approximate surface area is 141 Å². The molecule has 1 aromatic heterocycles. The predicted molar refractivity (Wildman–Crippen MR) is 85.2 cm³/mol. The predicted octanol–water partition coefficient (Wildman–Crippen LogP) is 1.61. The summed E-state index contributed by atoms with van der Waals surface area (Å²) in [5.74, 6) is 0.107. The van der Waals surface area contributed by atoms with E-state index in [0.717, 1.165) is 21.3 Å². The molecular weight excluding hydrogens is 337 g/mol. The number of nitriles is 1. The number of nitrogens with zero attached hydrogens (tertiary/aromatic N) is 4.